The highest BCUT2D eigenvalue weighted by Crippen LogP contribution is 2.31. The second kappa shape index (κ2) is 7.01. The lowest BCUT2D eigenvalue weighted by atomic mass is 10.1. The van der Waals surface area contributed by atoms with Crippen molar-refractivity contribution in [3.63, 3.8) is 0 Å². The van der Waals surface area contributed by atoms with E-state index in [1.165, 1.54) is 4.31 Å². The molecule has 1 aromatic rings. The fourth-order valence-electron chi connectivity index (χ4n) is 2.80. The minimum absolute atomic E-state index is 0.140. The fraction of sp³-hybridized carbons (Fsp3) is 0.625. The van der Waals surface area contributed by atoms with Gasteiger partial charge in [0, 0.05) is 12.6 Å². The lowest BCUT2D eigenvalue weighted by Gasteiger charge is -2.30. The molecule has 0 spiro atoms. The first-order valence-corrected chi connectivity index (χ1v) is 11.3. The molecule has 0 aliphatic carbocycles. The number of nitrogens with one attached hydrogen (secondary N) is 1. The molecule has 8 heteroatoms. The molecule has 136 valence electrons. The molecular formula is C16H26N2O4S2. The number of benzene rings is 1. The Labute approximate surface area is 145 Å². The van der Waals surface area contributed by atoms with Gasteiger partial charge in [0.05, 0.1) is 16.3 Å². The highest BCUT2D eigenvalue weighted by atomic mass is 32.2. The van der Waals surface area contributed by atoms with Crippen LogP contribution in [0.5, 0.6) is 0 Å². The van der Waals surface area contributed by atoms with Crippen LogP contribution < -0.4 is 9.03 Å². The Balaban J connectivity index is 2.46. The van der Waals surface area contributed by atoms with E-state index in [-0.39, 0.29) is 16.7 Å². The van der Waals surface area contributed by atoms with E-state index >= 15 is 0 Å². The minimum atomic E-state index is -3.62. The number of aryl methyl sites for hydroxylation is 2. The van der Waals surface area contributed by atoms with Crippen LogP contribution in [0.4, 0.5) is 5.69 Å². The van der Waals surface area contributed by atoms with E-state index in [9.17, 15) is 16.8 Å². The van der Waals surface area contributed by atoms with Gasteiger partial charge in [-0.2, -0.15) is 0 Å². The average molecular weight is 375 g/mol. The summed E-state index contributed by atoms with van der Waals surface area (Å²) in [6.07, 6.45) is 2.18. The number of rotatable bonds is 5. The third-order valence-electron chi connectivity index (χ3n) is 4.37. The van der Waals surface area contributed by atoms with Crippen molar-refractivity contribution >= 4 is 25.7 Å². The van der Waals surface area contributed by atoms with Gasteiger partial charge in [-0.25, -0.2) is 21.6 Å². The molecule has 1 aromatic carbocycles. The van der Waals surface area contributed by atoms with Gasteiger partial charge < -0.3 is 0 Å². The number of hydrogen-bond acceptors (Lipinski definition) is 4. The largest absolute Gasteiger partial charge is 0.270 e. The molecule has 1 saturated heterocycles. The maximum absolute atomic E-state index is 12.5. The van der Waals surface area contributed by atoms with Crippen molar-refractivity contribution in [1.29, 1.82) is 0 Å². The Morgan fingerprint density at radius 1 is 1.21 bits per heavy atom. The van der Waals surface area contributed by atoms with E-state index in [1.807, 2.05) is 13.8 Å². The predicted octanol–water partition coefficient (Wildman–Crippen LogP) is 2.31. The molecule has 1 atom stereocenters. The van der Waals surface area contributed by atoms with Crippen LogP contribution in [-0.2, 0) is 20.0 Å². The molecule has 0 bridgehead atoms. The Morgan fingerprint density at radius 2 is 1.88 bits per heavy atom. The zero-order chi connectivity index (χ0) is 18.1. The van der Waals surface area contributed by atoms with Crippen molar-refractivity contribution in [2.75, 3.05) is 16.6 Å². The van der Waals surface area contributed by atoms with Crippen LogP contribution in [0.3, 0.4) is 0 Å². The Kier molecular flexibility index (Phi) is 5.61. The summed E-state index contributed by atoms with van der Waals surface area (Å²) in [5.74, 6) is 0.140. The fourth-order valence-corrected chi connectivity index (χ4v) is 6.13. The molecule has 1 fully saturated rings. The average Bonchev–Trinajstić information content (AvgIpc) is 2.48. The molecule has 1 N–H and O–H groups in total. The van der Waals surface area contributed by atoms with Gasteiger partial charge in [-0.3, -0.25) is 4.31 Å². The van der Waals surface area contributed by atoms with Crippen molar-refractivity contribution in [3.8, 4) is 0 Å². The summed E-state index contributed by atoms with van der Waals surface area (Å²) in [5.41, 5.74) is 1.78. The van der Waals surface area contributed by atoms with Crippen LogP contribution in [0.2, 0.25) is 0 Å². The zero-order valence-corrected chi connectivity index (χ0v) is 16.3. The predicted molar refractivity (Wildman–Crippen MR) is 96.4 cm³/mol. The Bertz CT molecular complexity index is 817. The molecule has 24 heavy (non-hydrogen) atoms. The van der Waals surface area contributed by atoms with Crippen molar-refractivity contribution in [2.45, 2.75) is 57.9 Å². The van der Waals surface area contributed by atoms with E-state index in [0.717, 1.165) is 6.42 Å². The molecule has 1 aliphatic rings. The molecule has 0 radical (unpaired) electrons. The van der Waals surface area contributed by atoms with Gasteiger partial charge in [-0.1, -0.05) is 6.92 Å². The number of nitrogens with zero attached hydrogens (tertiary/aromatic N) is 1. The molecule has 0 aromatic heterocycles. The summed E-state index contributed by atoms with van der Waals surface area (Å²) in [5, 5.41) is 0. The number of hydrogen-bond donors (Lipinski definition) is 1. The minimum Gasteiger partial charge on any atom is -0.270 e. The zero-order valence-electron chi connectivity index (χ0n) is 14.7. The van der Waals surface area contributed by atoms with Crippen LogP contribution in [0.15, 0.2) is 17.0 Å². The Morgan fingerprint density at radius 3 is 2.46 bits per heavy atom. The Hall–Kier alpha value is -1.12. The van der Waals surface area contributed by atoms with Gasteiger partial charge >= 0.3 is 0 Å². The van der Waals surface area contributed by atoms with Crippen LogP contribution in [0.25, 0.3) is 0 Å². The lowest BCUT2D eigenvalue weighted by molar-refractivity contribution is 0.555. The van der Waals surface area contributed by atoms with Gasteiger partial charge in [-0.05, 0) is 63.3 Å². The maximum Gasteiger partial charge on any atom is 0.241 e. The van der Waals surface area contributed by atoms with Gasteiger partial charge in [0.1, 0.15) is 0 Å². The van der Waals surface area contributed by atoms with Gasteiger partial charge in [0.25, 0.3) is 0 Å². The number of sulfonamides is 2. The van der Waals surface area contributed by atoms with Crippen LogP contribution in [0, 0.1) is 13.8 Å². The first-order valence-electron chi connectivity index (χ1n) is 8.22. The highest BCUT2D eigenvalue weighted by molar-refractivity contribution is 7.92. The van der Waals surface area contributed by atoms with Gasteiger partial charge in [0.15, 0.2) is 0 Å². The maximum atomic E-state index is 12.5. The molecule has 1 aliphatic heterocycles. The molecule has 0 amide bonds. The van der Waals surface area contributed by atoms with Gasteiger partial charge in [-0.15, -0.1) is 0 Å². The summed E-state index contributed by atoms with van der Waals surface area (Å²) in [4.78, 5) is 0.207. The topological polar surface area (TPSA) is 83.6 Å². The van der Waals surface area contributed by atoms with Crippen LogP contribution >= 0.6 is 0 Å². The normalized spacial score (nSPS) is 19.2. The molecule has 1 unspecified atom stereocenters. The van der Waals surface area contributed by atoms with Crippen molar-refractivity contribution in [1.82, 2.24) is 4.72 Å². The lowest BCUT2D eigenvalue weighted by Crippen LogP contribution is -2.38. The summed E-state index contributed by atoms with van der Waals surface area (Å²) >= 11 is 0. The highest BCUT2D eigenvalue weighted by Gasteiger charge is 2.29. The summed E-state index contributed by atoms with van der Waals surface area (Å²) in [7, 11) is -6.94. The van der Waals surface area contributed by atoms with E-state index in [4.69, 9.17) is 0 Å². The molecule has 6 nitrogen and oxygen atoms in total. The van der Waals surface area contributed by atoms with E-state index in [2.05, 4.69) is 4.72 Å². The molecular weight excluding hydrogens is 348 g/mol. The van der Waals surface area contributed by atoms with E-state index < -0.39 is 20.0 Å². The van der Waals surface area contributed by atoms with Crippen LogP contribution in [-0.4, -0.2) is 35.2 Å². The van der Waals surface area contributed by atoms with Crippen molar-refractivity contribution in [3.05, 3.63) is 23.3 Å². The monoisotopic (exact) mass is 374 g/mol. The summed E-state index contributed by atoms with van der Waals surface area (Å²) in [6.45, 7) is 7.62. The first kappa shape index (κ1) is 19.2. The van der Waals surface area contributed by atoms with Crippen LogP contribution in [0.1, 0.15) is 44.2 Å². The summed E-state index contributed by atoms with van der Waals surface area (Å²) < 4.78 is 53.8. The van der Waals surface area contributed by atoms with Crippen molar-refractivity contribution < 1.29 is 16.8 Å². The quantitative estimate of drug-likeness (QED) is 0.857. The van der Waals surface area contributed by atoms with Gasteiger partial charge in [0.2, 0.25) is 20.0 Å². The third-order valence-corrected chi connectivity index (χ3v) is 7.96. The second-order valence-electron chi connectivity index (χ2n) is 6.43. The number of anilines is 1. The second-order valence-corrected chi connectivity index (χ2v) is 10.1. The first-order chi connectivity index (χ1) is 11.1. The standard InChI is InChI=1S/C16H26N2O4S2/c1-5-14(4)17-24(21,22)16-11-12(2)15(10-13(16)3)18-8-6-7-9-23(18,19)20/h10-11,14,17H,5-9H2,1-4H3. The molecule has 2 rings (SSSR count). The third kappa shape index (κ3) is 3.92. The smallest absolute Gasteiger partial charge is 0.241 e. The van der Waals surface area contributed by atoms with Crippen molar-refractivity contribution in [2.24, 2.45) is 0 Å². The summed E-state index contributed by atoms with van der Waals surface area (Å²) in [6, 6.07) is 3.08. The molecule has 0 saturated carbocycles. The molecule has 1 heterocycles. The van der Waals surface area contributed by atoms with E-state index in [0.29, 0.717) is 36.2 Å². The SMILES string of the molecule is CCC(C)NS(=O)(=O)c1cc(C)c(N2CCCCS2(=O)=O)cc1C. The van der Waals surface area contributed by atoms with E-state index in [1.54, 1.807) is 26.0 Å².